The lowest BCUT2D eigenvalue weighted by molar-refractivity contribution is 0.102. The summed E-state index contributed by atoms with van der Waals surface area (Å²) < 4.78 is 2.45. The second-order valence-corrected chi connectivity index (χ2v) is 7.09. The molecule has 25 heavy (non-hydrogen) atoms. The van der Waals surface area contributed by atoms with Crippen LogP contribution in [0.15, 0.2) is 57.9 Å². The van der Waals surface area contributed by atoms with E-state index >= 15 is 0 Å². The Morgan fingerprint density at radius 3 is 2.52 bits per heavy atom. The molecule has 1 aromatic heterocycles. The van der Waals surface area contributed by atoms with Crippen LogP contribution in [-0.2, 0) is 6.54 Å². The van der Waals surface area contributed by atoms with E-state index in [1.54, 1.807) is 23.9 Å². The Morgan fingerprint density at radius 2 is 1.88 bits per heavy atom. The van der Waals surface area contributed by atoms with Gasteiger partial charge in [-0.25, -0.2) is 4.68 Å². The van der Waals surface area contributed by atoms with Crippen LogP contribution in [0.25, 0.3) is 0 Å². The molecule has 2 aromatic carbocycles. The highest BCUT2D eigenvalue weighted by Gasteiger charge is 2.17. The summed E-state index contributed by atoms with van der Waals surface area (Å²) >= 11 is 5.03. The van der Waals surface area contributed by atoms with E-state index in [-0.39, 0.29) is 17.4 Å². The van der Waals surface area contributed by atoms with Crippen molar-refractivity contribution in [3.05, 3.63) is 64.3 Å². The number of benzene rings is 2. The average Bonchev–Trinajstić information content (AvgIpc) is 2.98. The van der Waals surface area contributed by atoms with E-state index in [0.29, 0.717) is 12.2 Å². The zero-order valence-electron chi connectivity index (χ0n) is 13.4. The van der Waals surface area contributed by atoms with Crippen LogP contribution in [0.4, 0.5) is 11.5 Å². The number of nitrogens with zero attached hydrogens (tertiary/aromatic N) is 3. The molecule has 0 saturated heterocycles. The molecule has 0 bridgehead atoms. The standard InChI is InChI=1S/C17H16BrN5OS/c1-25-14-8-2-11(3-9-14)10-23-16(19)15(21-22-23)17(24)20-13-6-4-12(18)5-7-13/h2-9H,10,19H2,1H3,(H,20,24). The number of nitrogen functional groups attached to an aromatic ring is 1. The summed E-state index contributed by atoms with van der Waals surface area (Å²) in [7, 11) is 0. The largest absolute Gasteiger partial charge is 0.382 e. The number of thioether (sulfide) groups is 1. The van der Waals surface area contributed by atoms with Gasteiger partial charge in [-0.15, -0.1) is 16.9 Å². The summed E-state index contributed by atoms with van der Waals surface area (Å²) in [6.07, 6.45) is 2.03. The van der Waals surface area contributed by atoms with Crippen molar-refractivity contribution in [2.24, 2.45) is 0 Å². The first-order valence-corrected chi connectivity index (χ1v) is 9.47. The molecule has 6 nitrogen and oxygen atoms in total. The van der Waals surface area contributed by atoms with Crippen LogP contribution < -0.4 is 11.1 Å². The number of aromatic nitrogens is 3. The fourth-order valence-electron chi connectivity index (χ4n) is 2.23. The average molecular weight is 418 g/mol. The summed E-state index contributed by atoms with van der Waals surface area (Å²) in [4.78, 5) is 13.5. The number of nitrogens with one attached hydrogen (secondary N) is 1. The summed E-state index contributed by atoms with van der Waals surface area (Å²) in [5.41, 5.74) is 7.86. The van der Waals surface area contributed by atoms with Crippen molar-refractivity contribution in [2.45, 2.75) is 11.4 Å². The minimum atomic E-state index is -0.385. The molecule has 3 N–H and O–H groups in total. The van der Waals surface area contributed by atoms with Crippen molar-refractivity contribution in [3.63, 3.8) is 0 Å². The van der Waals surface area contributed by atoms with Crippen LogP contribution in [0.2, 0.25) is 0 Å². The number of hydrogen-bond donors (Lipinski definition) is 2. The third-order valence-electron chi connectivity index (χ3n) is 3.58. The van der Waals surface area contributed by atoms with Crippen LogP contribution in [0, 0.1) is 0 Å². The van der Waals surface area contributed by atoms with Gasteiger partial charge in [0.15, 0.2) is 11.5 Å². The van der Waals surface area contributed by atoms with Crippen molar-refractivity contribution in [1.82, 2.24) is 15.0 Å². The van der Waals surface area contributed by atoms with Gasteiger partial charge in [-0.05, 0) is 48.2 Å². The number of halogens is 1. The normalized spacial score (nSPS) is 10.6. The molecule has 0 saturated carbocycles. The van der Waals surface area contributed by atoms with Crippen LogP contribution in [0.5, 0.6) is 0 Å². The van der Waals surface area contributed by atoms with Crippen molar-refractivity contribution in [1.29, 1.82) is 0 Å². The van der Waals surface area contributed by atoms with Crippen LogP contribution >= 0.6 is 27.7 Å². The minimum absolute atomic E-state index is 0.114. The molecule has 3 rings (SSSR count). The van der Waals surface area contributed by atoms with E-state index in [4.69, 9.17) is 5.73 Å². The molecule has 0 spiro atoms. The lowest BCUT2D eigenvalue weighted by Crippen LogP contribution is -2.15. The molecular weight excluding hydrogens is 402 g/mol. The third-order valence-corrected chi connectivity index (χ3v) is 4.85. The number of amides is 1. The second kappa shape index (κ2) is 7.71. The highest BCUT2D eigenvalue weighted by molar-refractivity contribution is 9.10. The molecule has 0 aliphatic heterocycles. The maximum Gasteiger partial charge on any atom is 0.280 e. The zero-order chi connectivity index (χ0) is 17.8. The van der Waals surface area contributed by atoms with E-state index in [1.165, 1.54) is 9.58 Å². The topological polar surface area (TPSA) is 85.8 Å². The molecule has 0 fully saturated rings. The summed E-state index contributed by atoms with van der Waals surface area (Å²) in [6, 6.07) is 15.3. The van der Waals surface area contributed by atoms with E-state index in [1.807, 2.05) is 42.7 Å². The summed E-state index contributed by atoms with van der Waals surface area (Å²) in [6.45, 7) is 0.457. The Morgan fingerprint density at radius 1 is 1.20 bits per heavy atom. The van der Waals surface area contributed by atoms with E-state index in [2.05, 4.69) is 31.6 Å². The Balaban J connectivity index is 1.73. The lowest BCUT2D eigenvalue weighted by atomic mass is 10.2. The number of carbonyl (C=O) groups excluding carboxylic acids is 1. The van der Waals surface area contributed by atoms with E-state index in [9.17, 15) is 4.79 Å². The molecule has 0 aliphatic carbocycles. The molecule has 3 aromatic rings. The quantitative estimate of drug-likeness (QED) is 0.618. The van der Waals surface area contributed by atoms with Crippen LogP contribution in [0.1, 0.15) is 16.1 Å². The predicted octanol–water partition coefficient (Wildman–Crippen LogP) is 3.65. The monoisotopic (exact) mass is 417 g/mol. The van der Waals surface area contributed by atoms with Crippen LogP contribution in [-0.4, -0.2) is 27.2 Å². The molecule has 0 radical (unpaired) electrons. The molecule has 0 unspecified atom stereocenters. The number of hydrogen-bond acceptors (Lipinski definition) is 5. The summed E-state index contributed by atoms with van der Waals surface area (Å²) in [5, 5.41) is 10.7. The summed E-state index contributed by atoms with van der Waals surface area (Å²) in [5.74, 6) is -0.146. The second-order valence-electron chi connectivity index (χ2n) is 5.29. The first-order chi connectivity index (χ1) is 12.1. The highest BCUT2D eigenvalue weighted by Crippen LogP contribution is 2.18. The molecular formula is C17H16BrN5OS. The van der Waals surface area contributed by atoms with Gasteiger partial charge in [0.2, 0.25) is 0 Å². The van der Waals surface area contributed by atoms with Crippen molar-refractivity contribution in [3.8, 4) is 0 Å². The lowest BCUT2D eigenvalue weighted by Gasteiger charge is -2.06. The molecule has 0 aliphatic rings. The molecule has 8 heteroatoms. The fraction of sp³-hybridized carbons (Fsp3) is 0.118. The smallest absolute Gasteiger partial charge is 0.280 e. The minimum Gasteiger partial charge on any atom is -0.382 e. The van der Waals surface area contributed by atoms with Gasteiger partial charge in [0.25, 0.3) is 5.91 Å². The van der Waals surface area contributed by atoms with E-state index in [0.717, 1.165) is 10.0 Å². The van der Waals surface area contributed by atoms with Gasteiger partial charge in [-0.1, -0.05) is 33.3 Å². The predicted molar refractivity (Wildman–Crippen MR) is 104 cm³/mol. The zero-order valence-corrected chi connectivity index (χ0v) is 15.8. The molecule has 128 valence electrons. The Labute approximate surface area is 157 Å². The third kappa shape index (κ3) is 4.21. The maximum absolute atomic E-state index is 12.3. The first-order valence-electron chi connectivity index (χ1n) is 7.45. The Hall–Kier alpha value is -2.32. The molecule has 1 amide bonds. The molecule has 1 heterocycles. The number of anilines is 2. The van der Waals surface area contributed by atoms with Crippen molar-refractivity contribution in [2.75, 3.05) is 17.3 Å². The van der Waals surface area contributed by atoms with Gasteiger partial charge in [0, 0.05) is 15.1 Å². The Bertz CT molecular complexity index is 877. The SMILES string of the molecule is CSc1ccc(Cn2nnc(C(=O)Nc3ccc(Br)cc3)c2N)cc1. The fourth-order valence-corrected chi connectivity index (χ4v) is 2.90. The maximum atomic E-state index is 12.3. The van der Waals surface area contributed by atoms with Gasteiger partial charge >= 0.3 is 0 Å². The molecule has 0 atom stereocenters. The van der Waals surface area contributed by atoms with Gasteiger partial charge in [-0.3, -0.25) is 4.79 Å². The van der Waals surface area contributed by atoms with Crippen LogP contribution in [0.3, 0.4) is 0 Å². The number of nitrogens with two attached hydrogens (primary N) is 1. The number of rotatable bonds is 5. The van der Waals surface area contributed by atoms with E-state index < -0.39 is 0 Å². The Kier molecular flexibility index (Phi) is 5.40. The van der Waals surface area contributed by atoms with Gasteiger partial charge < -0.3 is 11.1 Å². The van der Waals surface area contributed by atoms with Crippen molar-refractivity contribution < 1.29 is 4.79 Å². The van der Waals surface area contributed by atoms with Gasteiger partial charge in [0.1, 0.15) is 0 Å². The van der Waals surface area contributed by atoms with Gasteiger partial charge in [0.05, 0.1) is 6.54 Å². The first kappa shape index (κ1) is 17.5. The number of carbonyl (C=O) groups is 1. The highest BCUT2D eigenvalue weighted by atomic mass is 79.9. The van der Waals surface area contributed by atoms with Gasteiger partial charge in [-0.2, -0.15) is 0 Å². The van der Waals surface area contributed by atoms with Crippen molar-refractivity contribution >= 4 is 45.1 Å².